The van der Waals surface area contributed by atoms with Crippen molar-refractivity contribution in [2.75, 3.05) is 41.0 Å². The molecular weight excluding hydrogens is 618 g/mol. The maximum Gasteiger partial charge on any atom is 0.306 e. The molecule has 8 heteroatoms. The highest BCUT2D eigenvalue weighted by Crippen LogP contribution is 2.13. The largest absolute Gasteiger partial charge is 0.544 e. The zero-order valence-corrected chi connectivity index (χ0v) is 31.8. The second-order valence-electron chi connectivity index (χ2n) is 13.8. The Hall–Kier alpha value is -2.71. The smallest absolute Gasteiger partial charge is 0.306 e. The zero-order valence-electron chi connectivity index (χ0n) is 31.8. The van der Waals surface area contributed by atoms with Gasteiger partial charge in [0.15, 0.2) is 6.10 Å². The molecule has 282 valence electrons. The third-order valence-corrected chi connectivity index (χ3v) is 8.23. The van der Waals surface area contributed by atoms with Crippen molar-refractivity contribution in [3.63, 3.8) is 0 Å². The number of carboxylic acids is 1. The number of carboxylic acid groups (broad SMARTS) is 1. The molecule has 49 heavy (non-hydrogen) atoms. The van der Waals surface area contributed by atoms with Gasteiger partial charge in [0, 0.05) is 19.3 Å². The van der Waals surface area contributed by atoms with Crippen LogP contribution >= 0.6 is 0 Å². The summed E-state index contributed by atoms with van der Waals surface area (Å²) in [4.78, 5) is 36.0. The fourth-order valence-corrected chi connectivity index (χ4v) is 5.21. The molecule has 0 fully saturated rings. The number of ether oxygens (including phenoxy) is 3. The first-order valence-electron chi connectivity index (χ1n) is 19.2. The Morgan fingerprint density at radius 3 is 1.67 bits per heavy atom. The molecule has 0 N–H and O–H groups in total. The first kappa shape index (κ1) is 46.3. The summed E-state index contributed by atoms with van der Waals surface area (Å²) in [6.07, 6.45) is 36.7. The Labute approximate surface area is 299 Å². The monoisotopic (exact) mass is 690 g/mol. The number of esters is 2. The molecule has 2 unspecified atom stereocenters. The Balaban J connectivity index is 4.03. The van der Waals surface area contributed by atoms with Crippen LogP contribution in [0, 0.1) is 0 Å². The first-order chi connectivity index (χ1) is 23.6. The van der Waals surface area contributed by atoms with E-state index in [4.69, 9.17) is 14.2 Å². The van der Waals surface area contributed by atoms with Gasteiger partial charge in [-0.1, -0.05) is 120 Å². The molecule has 0 heterocycles. The number of aliphatic carboxylic acids is 1. The summed E-state index contributed by atoms with van der Waals surface area (Å²) in [5.41, 5.74) is 0. The van der Waals surface area contributed by atoms with E-state index < -0.39 is 18.1 Å². The normalized spacial score (nSPS) is 13.6. The summed E-state index contributed by atoms with van der Waals surface area (Å²) in [5, 5.41) is 11.5. The van der Waals surface area contributed by atoms with E-state index in [1.807, 2.05) is 6.92 Å². The molecule has 8 nitrogen and oxygen atoms in total. The summed E-state index contributed by atoms with van der Waals surface area (Å²) in [7, 11) is 5.37. The molecule has 0 aliphatic carbocycles. The predicted octanol–water partition coefficient (Wildman–Crippen LogP) is 8.35. The van der Waals surface area contributed by atoms with E-state index in [1.165, 1.54) is 51.4 Å². The van der Waals surface area contributed by atoms with Gasteiger partial charge < -0.3 is 28.6 Å². The number of allylic oxidation sites excluding steroid dienone is 8. The van der Waals surface area contributed by atoms with Crippen LogP contribution in [0.5, 0.6) is 0 Å². The summed E-state index contributed by atoms with van der Waals surface area (Å²) in [5.74, 6) is -1.79. The number of hydrogen-bond donors (Lipinski definition) is 0. The molecule has 0 aromatic carbocycles. The van der Waals surface area contributed by atoms with Gasteiger partial charge in [-0.05, 0) is 51.4 Å². The topological polar surface area (TPSA) is 102 Å². The van der Waals surface area contributed by atoms with E-state index in [0.717, 1.165) is 57.8 Å². The van der Waals surface area contributed by atoms with Gasteiger partial charge in [-0.15, -0.1) is 0 Å². The van der Waals surface area contributed by atoms with E-state index in [1.54, 1.807) is 21.1 Å². The fraction of sp³-hybridized carbons (Fsp3) is 0.732. The molecule has 2 atom stereocenters. The summed E-state index contributed by atoms with van der Waals surface area (Å²) in [6.45, 7) is 4.28. The number of carbonyl (C=O) groups excluding carboxylic acids is 3. The molecule has 0 radical (unpaired) electrons. The molecule has 0 aromatic rings. The van der Waals surface area contributed by atoms with Gasteiger partial charge in [0.1, 0.15) is 12.6 Å². The molecule has 0 bridgehead atoms. The van der Waals surface area contributed by atoms with Crippen LogP contribution in [-0.2, 0) is 28.6 Å². The van der Waals surface area contributed by atoms with Crippen LogP contribution in [0.3, 0.4) is 0 Å². The Kier molecular flexibility index (Phi) is 30.7. The maximum absolute atomic E-state index is 12.5. The molecule has 0 amide bonds. The van der Waals surface area contributed by atoms with Crippen molar-refractivity contribution in [2.45, 2.75) is 154 Å². The Morgan fingerprint density at radius 1 is 0.633 bits per heavy atom. The van der Waals surface area contributed by atoms with Crippen molar-refractivity contribution in [1.29, 1.82) is 0 Å². The number of carbonyl (C=O) groups is 3. The van der Waals surface area contributed by atoms with Crippen molar-refractivity contribution < 1.29 is 38.2 Å². The van der Waals surface area contributed by atoms with Crippen LogP contribution in [0.1, 0.15) is 142 Å². The van der Waals surface area contributed by atoms with Gasteiger partial charge in [0.2, 0.25) is 0 Å². The third kappa shape index (κ3) is 31.0. The fourth-order valence-electron chi connectivity index (χ4n) is 5.21. The quantitative estimate of drug-likeness (QED) is 0.0295. The third-order valence-electron chi connectivity index (χ3n) is 8.23. The molecule has 0 saturated heterocycles. The number of rotatable bonds is 33. The van der Waals surface area contributed by atoms with Crippen molar-refractivity contribution in [3.05, 3.63) is 48.6 Å². The molecule has 0 saturated carbocycles. The minimum Gasteiger partial charge on any atom is -0.544 e. The molecule has 0 aliphatic heterocycles. The lowest BCUT2D eigenvalue weighted by Gasteiger charge is -2.34. The van der Waals surface area contributed by atoms with Gasteiger partial charge in [0.25, 0.3) is 0 Å². The second kappa shape index (κ2) is 32.5. The van der Waals surface area contributed by atoms with Crippen molar-refractivity contribution in [3.8, 4) is 0 Å². The Morgan fingerprint density at radius 2 is 1.14 bits per heavy atom. The Bertz CT molecular complexity index is 948. The highest BCUT2D eigenvalue weighted by atomic mass is 16.6. The van der Waals surface area contributed by atoms with Crippen LogP contribution < -0.4 is 5.11 Å². The highest BCUT2D eigenvalue weighted by Gasteiger charge is 2.25. The summed E-state index contributed by atoms with van der Waals surface area (Å²) < 4.78 is 16.8. The van der Waals surface area contributed by atoms with E-state index in [0.29, 0.717) is 12.8 Å². The summed E-state index contributed by atoms with van der Waals surface area (Å²) in [6, 6.07) is -0.722. The van der Waals surface area contributed by atoms with Gasteiger partial charge in [-0.2, -0.15) is 0 Å². The lowest BCUT2D eigenvalue weighted by molar-refractivity contribution is -0.889. The summed E-state index contributed by atoms with van der Waals surface area (Å²) >= 11 is 0. The SMILES string of the molecule is CC/C=C\C/C=C\C/C=C\C/C=C\CCCCCCCCCCCCC(=O)OC(COCCC(C(=O)[O-])[N+](C)(C)C)COC(=O)CCCC. The average molecular weight is 690 g/mol. The van der Waals surface area contributed by atoms with Crippen molar-refractivity contribution in [2.24, 2.45) is 0 Å². The van der Waals surface area contributed by atoms with E-state index >= 15 is 0 Å². The minimum atomic E-state index is -1.13. The van der Waals surface area contributed by atoms with Crippen LogP contribution in [0.2, 0.25) is 0 Å². The van der Waals surface area contributed by atoms with Crippen LogP contribution in [0.4, 0.5) is 0 Å². The lowest BCUT2D eigenvalue weighted by Crippen LogP contribution is -2.55. The highest BCUT2D eigenvalue weighted by molar-refractivity contribution is 5.70. The van der Waals surface area contributed by atoms with E-state index in [-0.39, 0.29) is 42.7 Å². The van der Waals surface area contributed by atoms with Crippen molar-refractivity contribution in [1.82, 2.24) is 0 Å². The number of quaternary nitrogens is 1. The molecular formula is C41H71NO7. The van der Waals surface area contributed by atoms with Gasteiger partial charge in [-0.25, -0.2) is 0 Å². The first-order valence-corrected chi connectivity index (χ1v) is 19.2. The van der Waals surface area contributed by atoms with Gasteiger partial charge in [0.05, 0.1) is 40.3 Å². The molecule has 0 aromatic heterocycles. The number of unbranched alkanes of at least 4 members (excludes halogenated alkanes) is 11. The molecule has 0 spiro atoms. The van der Waals surface area contributed by atoms with Gasteiger partial charge >= 0.3 is 11.9 Å². The van der Waals surface area contributed by atoms with Crippen LogP contribution in [-0.4, -0.2) is 75.5 Å². The number of nitrogens with zero attached hydrogens (tertiary/aromatic N) is 1. The van der Waals surface area contributed by atoms with E-state index in [9.17, 15) is 19.5 Å². The average Bonchev–Trinajstić information content (AvgIpc) is 3.05. The molecule has 0 rings (SSSR count). The van der Waals surface area contributed by atoms with Crippen LogP contribution in [0.15, 0.2) is 48.6 Å². The number of hydrogen-bond acceptors (Lipinski definition) is 7. The minimum absolute atomic E-state index is 0.0359. The maximum atomic E-state index is 12.5. The number of likely N-dealkylation sites (N-methyl/N-ethyl adjacent to an activating group) is 1. The van der Waals surface area contributed by atoms with Crippen molar-refractivity contribution >= 4 is 17.9 Å². The molecule has 0 aliphatic rings. The second-order valence-corrected chi connectivity index (χ2v) is 13.8. The standard InChI is InChI=1S/C41H71NO7/c1-6-8-10-11-12-13-14-15-16-17-18-19-20-21-22-23-24-25-26-27-28-29-30-32-40(44)49-37(36-48-39(43)31-9-7-2)35-47-34-33-38(41(45)46)42(3,4)5/h8,10,12-13,15-16,18-19,37-38H,6-7,9,11,14,17,20-36H2,1-5H3/b10-8-,13-12-,16-15-,19-18-. The predicted molar refractivity (Wildman–Crippen MR) is 199 cm³/mol. The van der Waals surface area contributed by atoms with Crippen LogP contribution in [0.25, 0.3) is 0 Å². The van der Waals surface area contributed by atoms with E-state index in [2.05, 4.69) is 55.5 Å². The van der Waals surface area contributed by atoms with Gasteiger partial charge in [-0.3, -0.25) is 9.59 Å². The lowest BCUT2D eigenvalue weighted by atomic mass is 10.0. The zero-order chi connectivity index (χ0) is 36.4.